The van der Waals surface area contributed by atoms with E-state index in [9.17, 15) is 4.79 Å². The van der Waals surface area contributed by atoms with E-state index in [-0.39, 0.29) is 5.91 Å². The Labute approximate surface area is 152 Å². The molecule has 0 spiro atoms. The lowest BCUT2D eigenvalue weighted by atomic mass is 10.1. The van der Waals surface area contributed by atoms with Crippen LogP contribution in [0.5, 0.6) is 0 Å². The summed E-state index contributed by atoms with van der Waals surface area (Å²) in [6.07, 6.45) is 5.55. The Balaban J connectivity index is 1.40. The van der Waals surface area contributed by atoms with Gasteiger partial charge in [-0.15, -0.1) is 0 Å². The Morgan fingerprint density at radius 2 is 1.85 bits per heavy atom. The van der Waals surface area contributed by atoms with E-state index >= 15 is 0 Å². The first-order valence-electron chi connectivity index (χ1n) is 8.72. The van der Waals surface area contributed by atoms with Crippen LogP contribution in [0.1, 0.15) is 21.7 Å². The number of piperazine rings is 1. The van der Waals surface area contributed by atoms with Gasteiger partial charge in [0, 0.05) is 38.8 Å². The molecule has 3 heterocycles. The topological polar surface area (TPSA) is 62.5 Å². The van der Waals surface area contributed by atoms with Crippen LogP contribution in [-0.4, -0.2) is 47.0 Å². The quantitative estimate of drug-likeness (QED) is 0.725. The van der Waals surface area contributed by atoms with E-state index < -0.39 is 0 Å². The van der Waals surface area contributed by atoms with Gasteiger partial charge in [0.05, 0.1) is 11.8 Å². The molecule has 0 N–H and O–H groups in total. The lowest BCUT2D eigenvalue weighted by molar-refractivity contribution is 0.0746. The monoisotopic (exact) mass is 348 g/mol. The summed E-state index contributed by atoms with van der Waals surface area (Å²) in [5, 5.41) is 0. The molecule has 6 heteroatoms. The van der Waals surface area contributed by atoms with Gasteiger partial charge in [-0.05, 0) is 17.7 Å². The third-order valence-corrected chi connectivity index (χ3v) is 4.55. The van der Waals surface area contributed by atoms with E-state index in [0.29, 0.717) is 25.1 Å². The van der Waals surface area contributed by atoms with Crippen LogP contribution in [0.3, 0.4) is 0 Å². The first-order chi connectivity index (χ1) is 12.8. The maximum absolute atomic E-state index is 12.4. The van der Waals surface area contributed by atoms with Crippen molar-refractivity contribution >= 4 is 11.7 Å². The second-order valence-corrected chi connectivity index (χ2v) is 6.28. The molecule has 0 atom stereocenters. The molecule has 132 valence electrons. The molecule has 1 saturated heterocycles. The minimum absolute atomic E-state index is 0.0193. The zero-order chi connectivity index (χ0) is 17.8. The number of amides is 1. The highest BCUT2D eigenvalue weighted by molar-refractivity contribution is 5.94. The fourth-order valence-electron chi connectivity index (χ4n) is 3.14. The molecule has 1 aliphatic heterocycles. The van der Waals surface area contributed by atoms with E-state index in [0.717, 1.165) is 24.7 Å². The van der Waals surface area contributed by atoms with Gasteiger partial charge in [-0.2, -0.15) is 0 Å². The molecule has 0 aliphatic carbocycles. The van der Waals surface area contributed by atoms with Crippen molar-refractivity contribution < 1.29 is 9.21 Å². The summed E-state index contributed by atoms with van der Waals surface area (Å²) < 4.78 is 5.00. The van der Waals surface area contributed by atoms with Crippen molar-refractivity contribution in [2.45, 2.75) is 6.42 Å². The summed E-state index contributed by atoms with van der Waals surface area (Å²) in [5.41, 5.74) is 1.80. The molecule has 1 aliphatic rings. The van der Waals surface area contributed by atoms with E-state index in [2.05, 4.69) is 22.0 Å². The summed E-state index contributed by atoms with van der Waals surface area (Å²) in [7, 11) is 0. The lowest BCUT2D eigenvalue weighted by Gasteiger charge is -2.35. The van der Waals surface area contributed by atoms with Gasteiger partial charge in [-0.3, -0.25) is 4.79 Å². The number of hydrogen-bond acceptors (Lipinski definition) is 5. The molecule has 1 fully saturated rings. The normalized spacial score (nSPS) is 14.5. The molecule has 0 bridgehead atoms. The number of nitrogens with zero attached hydrogens (tertiary/aromatic N) is 4. The third kappa shape index (κ3) is 3.59. The molecule has 1 aromatic carbocycles. The molecule has 2 aromatic heterocycles. The van der Waals surface area contributed by atoms with Gasteiger partial charge in [0.15, 0.2) is 0 Å². The smallest absolute Gasteiger partial charge is 0.257 e. The number of hydrogen-bond donors (Lipinski definition) is 0. The van der Waals surface area contributed by atoms with Crippen molar-refractivity contribution in [3.8, 4) is 0 Å². The molecule has 26 heavy (non-hydrogen) atoms. The van der Waals surface area contributed by atoms with Crippen LogP contribution in [0.4, 0.5) is 5.82 Å². The van der Waals surface area contributed by atoms with Crippen LogP contribution < -0.4 is 4.90 Å². The van der Waals surface area contributed by atoms with Gasteiger partial charge in [0.25, 0.3) is 5.91 Å². The third-order valence-electron chi connectivity index (χ3n) is 4.55. The molecular weight excluding hydrogens is 328 g/mol. The molecule has 6 nitrogen and oxygen atoms in total. The van der Waals surface area contributed by atoms with Crippen LogP contribution in [0, 0.1) is 0 Å². The fourth-order valence-corrected chi connectivity index (χ4v) is 3.14. The second kappa shape index (κ2) is 7.39. The first-order valence-corrected chi connectivity index (χ1v) is 8.72. The number of carbonyl (C=O) groups is 1. The fraction of sp³-hybridized carbons (Fsp3) is 0.250. The predicted octanol–water partition coefficient (Wildman–Crippen LogP) is 2.62. The lowest BCUT2D eigenvalue weighted by Crippen LogP contribution is -2.49. The van der Waals surface area contributed by atoms with Crippen molar-refractivity contribution in [3.05, 3.63) is 78.1 Å². The first kappa shape index (κ1) is 16.3. The van der Waals surface area contributed by atoms with Crippen molar-refractivity contribution in [2.75, 3.05) is 31.1 Å². The Bertz CT molecular complexity index is 857. The van der Waals surface area contributed by atoms with Crippen LogP contribution in [-0.2, 0) is 6.42 Å². The van der Waals surface area contributed by atoms with Crippen LogP contribution in [0.25, 0.3) is 0 Å². The van der Waals surface area contributed by atoms with Crippen molar-refractivity contribution in [1.29, 1.82) is 0 Å². The standard InChI is InChI=1S/C20H20N4O2/c25-20(17-7-13-26-15-17)24-11-9-23(10-12-24)19-6-8-21-18(22-19)14-16-4-2-1-3-5-16/h1-8,13,15H,9-12,14H2. The summed E-state index contributed by atoms with van der Waals surface area (Å²) >= 11 is 0. The van der Waals surface area contributed by atoms with Gasteiger partial charge in [0.2, 0.25) is 0 Å². The maximum atomic E-state index is 12.4. The largest absolute Gasteiger partial charge is 0.472 e. The van der Waals surface area contributed by atoms with Crippen molar-refractivity contribution in [1.82, 2.24) is 14.9 Å². The van der Waals surface area contributed by atoms with Crippen LogP contribution >= 0.6 is 0 Å². The molecule has 0 unspecified atom stereocenters. The number of aromatic nitrogens is 2. The summed E-state index contributed by atoms with van der Waals surface area (Å²) in [5.74, 6) is 1.75. The zero-order valence-electron chi connectivity index (χ0n) is 14.4. The molecule has 1 amide bonds. The van der Waals surface area contributed by atoms with Crippen molar-refractivity contribution in [3.63, 3.8) is 0 Å². The number of anilines is 1. The summed E-state index contributed by atoms with van der Waals surface area (Å²) in [4.78, 5) is 25.5. The maximum Gasteiger partial charge on any atom is 0.257 e. The second-order valence-electron chi connectivity index (χ2n) is 6.28. The van der Waals surface area contributed by atoms with E-state index in [4.69, 9.17) is 9.40 Å². The Hall–Kier alpha value is -3.15. The predicted molar refractivity (Wildman–Crippen MR) is 98.1 cm³/mol. The average Bonchev–Trinajstić information content (AvgIpc) is 3.23. The van der Waals surface area contributed by atoms with E-state index in [1.807, 2.05) is 35.4 Å². The highest BCUT2D eigenvalue weighted by atomic mass is 16.3. The number of furan rings is 1. The summed E-state index contributed by atoms with van der Waals surface area (Å²) in [6.45, 7) is 2.85. The van der Waals surface area contributed by atoms with Gasteiger partial charge in [0.1, 0.15) is 17.9 Å². The number of carbonyl (C=O) groups excluding carboxylic acids is 1. The SMILES string of the molecule is O=C(c1ccoc1)N1CCN(c2ccnc(Cc3ccccc3)n2)CC1. The zero-order valence-corrected chi connectivity index (χ0v) is 14.4. The molecule has 0 radical (unpaired) electrons. The molecule has 3 aromatic rings. The number of benzene rings is 1. The molecule has 0 saturated carbocycles. The molecular formula is C20H20N4O2. The van der Waals surface area contributed by atoms with E-state index in [1.165, 1.54) is 18.1 Å². The highest BCUT2D eigenvalue weighted by Crippen LogP contribution is 2.16. The number of rotatable bonds is 4. The Morgan fingerprint density at radius 1 is 1.04 bits per heavy atom. The summed E-state index contributed by atoms with van der Waals surface area (Å²) in [6, 6.07) is 13.8. The molecule has 4 rings (SSSR count). The average molecular weight is 348 g/mol. The minimum Gasteiger partial charge on any atom is -0.472 e. The van der Waals surface area contributed by atoms with Gasteiger partial charge >= 0.3 is 0 Å². The van der Waals surface area contributed by atoms with Gasteiger partial charge in [-0.1, -0.05) is 30.3 Å². The van der Waals surface area contributed by atoms with Crippen LogP contribution in [0.2, 0.25) is 0 Å². The minimum atomic E-state index is 0.0193. The van der Waals surface area contributed by atoms with Gasteiger partial charge in [-0.25, -0.2) is 9.97 Å². The Kier molecular flexibility index (Phi) is 4.64. The van der Waals surface area contributed by atoms with Crippen LogP contribution in [0.15, 0.2) is 65.6 Å². The Morgan fingerprint density at radius 3 is 2.58 bits per heavy atom. The van der Waals surface area contributed by atoms with Gasteiger partial charge < -0.3 is 14.2 Å². The van der Waals surface area contributed by atoms with Crippen molar-refractivity contribution in [2.24, 2.45) is 0 Å². The highest BCUT2D eigenvalue weighted by Gasteiger charge is 2.23. The van der Waals surface area contributed by atoms with E-state index in [1.54, 1.807) is 6.07 Å².